The van der Waals surface area contributed by atoms with Gasteiger partial charge in [0.25, 0.3) is 5.91 Å². The molecule has 26 heavy (non-hydrogen) atoms. The molecule has 0 radical (unpaired) electrons. The predicted octanol–water partition coefficient (Wildman–Crippen LogP) is 2.38. The van der Waals surface area contributed by atoms with Crippen molar-refractivity contribution in [3.05, 3.63) is 59.0 Å². The van der Waals surface area contributed by atoms with E-state index in [-0.39, 0.29) is 11.9 Å². The molecule has 2 aromatic heterocycles. The maximum Gasteiger partial charge on any atom is 0.253 e. The van der Waals surface area contributed by atoms with E-state index >= 15 is 0 Å². The number of anilines is 1. The highest BCUT2D eigenvalue weighted by atomic mass is 16.2. The van der Waals surface area contributed by atoms with Gasteiger partial charge in [-0.2, -0.15) is 5.10 Å². The van der Waals surface area contributed by atoms with E-state index in [9.17, 15) is 4.79 Å². The highest BCUT2D eigenvalue weighted by molar-refractivity contribution is 5.94. The number of carbonyl (C=O) groups is 1. The molecule has 0 saturated heterocycles. The minimum absolute atomic E-state index is 0.0162. The summed E-state index contributed by atoms with van der Waals surface area (Å²) in [4.78, 5) is 22.4. The molecule has 3 aromatic rings. The molecule has 0 bridgehead atoms. The number of benzene rings is 1. The number of H-pyrrole nitrogens is 1. The van der Waals surface area contributed by atoms with Crippen LogP contribution in [-0.4, -0.2) is 44.6 Å². The molecule has 7 heteroatoms. The number of nitrogens with two attached hydrogens (primary N) is 1. The molecule has 0 atom stereocenters. The molecular formula is C19H22N6O. The van der Waals surface area contributed by atoms with Crippen molar-refractivity contribution in [1.29, 1.82) is 0 Å². The van der Waals surface area contributed by atoms with E-state index in [4.69, 9.17) is 5.73 Å². The van der Waals surface area contributed by atoms with Gasteiger partial charge in [0.1, 0.15) is 0 Å². The third-order valence-electron chi connectivity index (χ3n) is 4.43. The summed E-state index contributed by atoms with van der Waals surface area (Å²) < 4.78 is 0. The van der Waals surface area contributed by atoms with Crippen molar-refractivity contribution in [3.63, 3.8) is 0 Å². The van der Waals surface area contributed by atoms with E-state index in [0.29, 0.717) is 12.1 Å². The summed E-state index contributed by atoms with van der Waals surface area (Å²) in [6, 6.07) is 9.14. The second kappa shape index (κ2) is 7.35. The van der Waals surface area contributed by atoms with Crippen LogP contribution >= 0.6 is 0 Å². The van der Waals surface area contributed by atoms with Crippen LogP contribution in [0.1, 0.15) is 27.3 Å². The lowest BCUT2D eigenvalue weighted by atomic mass is 10.1. The zero-order valence-corrected chi connectivity index (χ0v) is 15.2. The van der Waals surface area contributed by atoms with Gasteiger partial charge >= 0.3 is 0 Å². The maximum atomic E-state index is 12.6. The summed E-state index contributed by atoms with van der Waals surface area (Å²) >= 11 is 0. The van der Waals surface area contributed by atoms with Crippen molar-refractivity contribution in [1.82, 2.24) is 25.1 Å². The highest BCUT2D eigenvalue weighted by Gasteiger charge is 2.14. The largest absolute Gasteiger partial charge is 0.368 e. The van der Waals surface area contributed by atoms with Gasteiger partial charge < -0.3 is 10.6 Å². The fraction of sp³-hybridized carbons (Fsp3) is 0.263. The van der Waals surface area contributed by atoms with E-state index in [1.165, 1.54) is 5.56 Å². The Hall–Kier alpha value is -3.22. The fourth-order valence-electron chi connectivity index (χ4n) is 2.86. The molecular weight excluding hydrogens is 328 g/mol. The molecule has 0 aliphatic rings. The number of nitrogen functional groups attached to an aromatic ring is 1. The molecule has 3 rings (SSSR count). The van der Waals surface area contributed by atoms with E-state index in [2.05, 4.69) is 20.2 Å². The van der Waals surface area contributed by atoms with Gasteiger partial charge in [0.05, 0.1) is 11.4 Å². The minimum Gasteiger partial charge on any atom is -0.368 e. The van der Waals surface area contributed by atoms with Crippen LogP contribution in [0.4, 0.5) is 5.95 Å². The monoisotopic (exact) mass is 350 g/mol. The van der Waals surface area contributed by atoms with Crippen LogP contribution in [0.3, 0.4) is 0 Å². The van der Waals surface area contributed by atoms with Crippen LogP contribution in [0.15, 0.2) is 36.5 Å². The van der Waals surface area contributed by atoms with Crippen LogP contribution in [0.2, 0.25) is 0 Å². The first-order valence-corrected chi connectivity index (χ1v) is 8.40. The first kappa shape index (κ1) is 17.6. The smallest absolute Gasteiger partial charge is 0.253 e. The van der Waals surface area contributed by atoms with Gasteiger partial charge in [-0.3, -0.25) is 9.89 Å². The number of hydrogen-bond donors (Lipinski definition) is 2. The number of nitrogens with one attached hydrogen (secondary N) is 1. The fourth-order valence-corrected chi connectivity index (χ4v) is 2.86. The Balaban J connectivity index is 1.67. The standard InChI is InChI=1S/C19H22N6O/c1-12-16(13(2)24-23-12)9-11-25(3)18(26)15-6-4-14(5-7-15)17-8-10-21-19(20)22-17/h4-8,10H,9,11H2,1-3H3,(H,23,24)(H2,20,21,22). The molecule has 0 unspecified atom stereocenters. The Labute approximate surface area is 152 Å². The number of aryl methyl sites for hydroxylation is 2. The average Bonchev–Trinajstić information content (AvgIpc) is 2.97. The zero-order chi connectivity index (χ0) is 18.7. The van der Waals surface area contributed by atoms with Crippen molar-refractivity contribution in [3.8, 4) is 11.3 Å². The Kier molecular flexibility index (Phi) is 4.97. The maximum absolute atomic E-state index is 12.6. The molecule has 1 amide bonds. The van der Waals surface area contributed by atoms with Crippen LogP contribution in [0.5, 0.6) is 0 Å². The van der Waals surface area contributed by atoms with Crippen molar-refractivity contribution in [2.45, 2.75) is 20.3 Å². The lowest BCUT2D eigenvalue weighted by Gasteiger charge is -2.17. The number of nitrogens with zero attached hydrogens (tertiary/aromatic N) is 4. The van der Waals surface area contributed by atoms with Crippen molar-refractivity contribution in [2.75, 3.05) is 19.3 Å². The summed E-state index contributed by atoms with van der Waals surface area (Å²) in [5.41, 5.74) is 11.1. The van der Waals surface area contributed by atoms with Crippen LogP contribution in [-0.2, 0) is 6.42 Å². The second-order valence-corrected chi connectivity index (χ2v) is 6.27. The minimum atomic E-state index is -0.0162. The third kappa shape index (κ3) is 3.72. The number of likely N-dealkylation sites (N-methyl/N-ethyl adjacent to an activating group) is 1. The van der Waals surface area contributed by atoms with Crippen molar-refractivity contribution < 1.29 is 4.79 Å². The van der Waals surface area contributed by atoms with Gasteiger partial charge in [0.15, 0.2) is 0 Å². The lowest BCUT2D eigenvalue weighted by Crippen LogP contribution is -2.29. The van der Waals surface area contributed by atoms with Crippen LogP contribution < -0.4 is 5.73 Å². The summed E-state index contributed by atoms with van der Waals surface area (Å²) in [5, 5.41) is 7.17. The Morgan fingerprint density at radius 1 is 1.19 bits per heavy atom. The zero-order valence-electron chi connectivity index (χ0n) is 15.2. The normalized spacial score (nSPS) is 10.7. The van der Waals surface area contributed by atoms with Gasteiger partial charge in [0, 0.05) is 36.6 Å². The molecule has 0 fully saturated rings. The molecule has 2 heterocycles. The van der Waals surface area contributed by atoms with Crippen molar-refractivity contribution in [2.24, 2.45) is 0 Å². The SMILES string of the molecule is Cc1n[nH]c(C)c1CCN(C)C(=O)c1ccc(-c2ccnc(N)n2)cc1. The average molecular weight is 350 g/mol. The molecule has 0 saturated carbocycles. The van der Waals surface area contributed by atoms with Gasteiger partial charge in [-0.1, -0.05) is 12.1 Å². The van der Waals surface area contributed by atoms with E-state index in [1.807, 2.05) is 33.0 Å². The Morgan fingerprint density at radius 2 is 1.92 bits per heavy atom. The molecule has 0 aliphatic carbocycles. The van der Waals surface area contributed by atoms with E-state index in [1.54, 1.807) is 29.3 Å². The molecule has 134 valence electrons. The summed E-state index contributed by atoms with van der Waals surface area (Å²) in [5.74, 6) is 0.213. The number of rotatable bonds is 5. The summed E-state index contributed by atoms with van der Waals surface area (Å²) in [6.07, 6.45) is 2.39. The third-order valence-corrected chi connectivity index (χ3v) is 4.43. The van der Waals surface area contributed by atoms with Gasteiger partial charge in [0.2, 0.25) is 5.95 Å². The number of aromatic amines is 1. The van der Waals surface area contributed by atoms with Gasteiger partial charge in [-0.05, 0) is 44.0 Å². The van der Waals surface area contributed by atoms with Crippen molar-refractivity contribution >= 4 is 11.9 Å². The van der Waals surface area contributed by atoms with E-state index in [0.717, 1.165) is 29.1 Å². The molecule has 3 N–H and O–H groups in total. The van der Waals surface area contributed by atoms with Crippen LogP contribution in [0.25, 0.3) is 11.3 Å². The van der Waals surface area contributed by atoms with E-state index < -0.39 is 0 Å². The molecule has 0 spiro atoms. The summed E-state index contributed by atoms with van der Waals surface area (Å²) in [6.45, 7) is 4.60. The Morgan fingerprint density at radius 3 is 2.54 bits per heavy atom. The molecule has 7 nitrogen and oxygen atoms in total. The number of hydrogen-bond acceptors (Lipinski definition) is 5. The highest BCUT2D eigenvalue weighted by Crippen LogP contribution is 2.18. The first-order chi connectivity index (χ1) is 12.5. The molecule has 1 aromatic carbocycles. The van der Waals surface area contributed by atoms with Gasteiger partial charge in [-0.15, -0.1) is 0 Å². The lowest BCUT2D eigenvalue weighted by molar-refractivity contribution is 0.0796. The quantitative estimate of drug-likeness (QED) is 0.736. The van der Waals surface area contributed by atoms with Gasteiger partial charge in [-0.25, -0.2) is 9.97 Å². The number of aromatic nitrogens is 4. The Bertz CT molecular complexity index is 897. The number of amides is 1. The van der Waals surface area contributed by atoms with Crippen LogP contribution in [0, 0.1) is 13.8 Å². The first-order valence-electron chi connectivity index (χ1n) is 8.40. The second-order valence-electron chi connectivity index (χ2n) is 6.27. The number of carbonyl (C=O) groups excluding carboxylic acids is 1. The summed E-state index contributed by atoms with van der Waals surface area (Å²) in [7, 11) is 1.81. The topological polar surface area (TPSA) is 101 Å². The molecule has 0 aliphatic heterocycles. The predicted molar refractivity (Wildman–Crippen MR) is 101 cm³/mol.